The molecule has 1 heteroatoms. The molecule has 0 aliphatic carbocycles. The first-order chi connectivity index (χ1) is 5.58. The van der Waals surface area contributed by atoms with Gasteiger partial charge in [0.15, 0.2) is 0 Å². The Bertz CT molecular complexity index is 249. The van der Waals surface area contributed by atoms with Gasteiger partial charge in [-0.2, -0.15) is 5.26 Å². The van der Waals surface area contributed by atoms with Crippen LogP contribution in [0.3, 0.4) is 0 Å². The smallest absolute Gasteiger partial charge is 0.0766 e. The van der Waals surface area contributed by atoms with Crippen molar-refractivity contribution in [2.24, 2.45) is 5.41 Å². The van der Waals surface area contributed by atoms with Crippen LogP contribution in [-0.2, 0) is 0 Å². The second-order valence-corrected chi connectivity index (χ2v) is 3.09. The zero-order chi connectivity index (χ0) is 9.61. The van der Waals surface area contributed by atoms with Gasteiger partial charge < -0.3 is 0 Å². The number of hydrogen-bond acceptors (Lipinski definition) is 1. The topological polar surface area (TPSA) is 23.8 Å². The summed E-state index contributed by atoms with van der Waals surface area (Å²) in [5.41, 5.74) is 0.504. The van der Waals surface area contributed by atoms with Crippen molar-refractivity contribution in [3.8, 4) is 6.07 Å². The Labute approximate surface area is 74.7 Å². The van der Waals surface area contributed by atoms with Gasteiger partial charge in [0.2, 0.25) is 0 Å². The summed E-state index contributed by atoms with van der Waals surface area (Å²) in [5.74, 6) is 0. The Morgan fingerprint density at radius 1 is 1.50 bits per heavy atom. The number of hydrogen-bond donors (Lipinski definition) is 0. The molecule has 0 aromatic rings. The molecule has 0 spiro atoms. The summed E-state index contributed by atoms with van der Waals surface area (Å²) >= 11 is 0. The first-order valence-electron chi connectivity index (χ1n) is 3.95. The second kappa shape index (κ2) is 4.56. The third-order valence-electron chi connectivity index (χ3n) is 1.69. The van der Waals surface area contributed by atoms with Gasteiger partial charge in [0.25, 0.3) is 0 Å². The summed E-state index contributed by atoms with van der Waals surface area (Å²) in [6.45, 7) is 9.37. The molecule has 0 atom stereocenters. The molecule has 0 aromatic heterocycles. The Balaban J connectivity index is 4.81. The molecule has 0 aliphatic rings. The average molecular weight is 161 g/mol. The predicted molar refractivity (Wildman–Crippen MR) is 52.5 cm³/mol. The summed E-state index contributed by atoms with van der Waals surface area (Å²) in [5, 5.41) is 8.83. The highest BCUT2D eigenvalue weighted by Crippen LogP contribution is 2.25. The van der Waals surface area contributed by atoms with Crippen LogP contribution in [-0.4, -0.2) is 0 Å². The number of nitrogens with zero attached hydrogens (tertiary/aromatic N) is 1. The second-order valence-electron chi connectivity index (χ2n) is 3.09. The molecule has 0 rings (SSSR count). The maximum absolute atomic E-state index is 8.83. The number of nitriles is 1. The van der Waals surface area contributed by atoms with Crippen LogP contribution in [0.4, 0.5) is 0 Å². The van der Waals surface area contributed by atoms with Gasteiger partial charge in [-0.3, -0.25) is 0 Å². The Hall–Kier alpha value is -1.29. The fraction of sp³-hybridized carbons (Fsp3) is 0.364. The molecular weight excluding hydrogens is 146 g/mol. The van der Waals surface area contributed by atoms with Gasteiger partial charge >= 0.3 is 0 Å². The predicted octanol–water partition coefficient (Wildman–Crippen LogP) is 3.22. The van der Waals surface area contributed by atoms with Crippen molar-refractivity contribution in [3.05, 3.63) is 36.5 Å². The van der Waals surface area contributed by atoms with Crippen LogP contribution in [0, 0.1) is 16.7 Å². The van der Waals surface area contributed by atoms with Crippen molar-refractivity contribution in [3.63, 3.8) is 0 Å². The van der Waals surface area contributed by atoms with E-state index in [4.69, 9.17) is 5.26 Å². The molecule has 64 valence electrons. The molecule has 0 radical (unpaired) electrons. The zero-order valence-electron chi connectivity index (χ0n) is 7.96. The fourth-order valence-corrected chi connectivity index (χ4v) is 0.796. The van der Waals surface area contributed by atoms with E-state index in [-0.39, 0.29) is 0 Å². The van der Waals surface area contributed by atoms with E-state index in [9.17, 15) is 0 Å². The Kier molecular flexibility index (Phi) is 4.07. The minimum absolute atomic E-state index is 0.443. The van der Waals surface area contributed by atoms with Gasteiger partial charge in [0.05, 0.1) is 11.5 Å². The molecule has 0 fully saturated rings. The van der Waals surface area contributed by atoms with Crippen molar-refractivity contribution in [1.29, 1.82) is 5.26 Å². The standard InChI is InChI=1S/C11H15N/c1-5-7-8-10(6-2)11(3,4)9-12/h5-8H,2H2,1,3-4H3/b7-5-,10-8+. The van der Waals surface area contributed by atoms with Gasteiger partial charge in [0, 0.05) is 0 Å². The van der Waals surface area contributed by atoms with Crippen molar-refractivity contribution >= 4 is 0 Å². The fourth-order valence-electron chi connectivity index (χ4n) is 0.796. The van der Waals surface area contributed by atoms with E-state index >= 15 is 0 Å². The van der Waals surface area contributed by atoms with Crippen LogP contribution in [0.2, 0.25) is 0 Å². The van der Waals surface area contributed by atoms with E-state index in [0.29, 0.717) is 0 Å². The van der Waals surface area contributed by atoms with Crippen LogP contribution in [0.15, 0.2) is 36.5 Å². The summed E-state index contributed by atoms with van der Waals surface area (Å²) in [6, 6.07) is 2.23. The summed E-state index contributed by atoms with van der Waals surface area (Å²) in [7, 11) is 0. The van der Waals surface area contributed by atoms with Crippen molar-refractivity contribution < 1.29 is 0 Å². The Morgan fingerprint density at radius 3 is 2.42 bits per heavy atom. The molecule has 0 saturated carbocycles. The SMILES string of the molecule is C=C/C(=C\C=C/C)C(C)(C)C#N. The minimum Gasteiger partial charge on any atom is -0.197 e. The molecule has 0 N–H and O–H groups in total. The first-order valence-corrected chi connectivity index (χ1v) is 3.95. The van der Waals surface area contributed by atoms with Crippen LogP contribution in [0.25, 0.3) is 0 Å². The highest BCUT2D eigenvalue weighted by molar-refractivity contribution is 5.32. The monoisotopic (exact) mass is 161 g/mol. The van der Waals surface area contributed by atoms with Gasteiger partial charge in [-0.15, -0.1) is 0 Å². The molecule has 0 unspecified atom stereocenters. The minimum atomic E-state index is -0.443. The largest absolute Gasteiger partial charge is 0.197 e. The van der Waals surface area contributed by atoms with Crippen LogP contribution in [0.5, 0.6) is 0 Å². The van der Waals surface area contributed by atoms with Crippen LogP contribution >= 0.6 is 0 Å². The van der Waals surface area contributed by atoms with E-state index in [1.165, 1.54) is 0 Å². The van der Waals surface area contributed by atoms with Crippen LogP contribution < -0.4 is 0 Å². The molecule has 12 heavy (non-hydrogen) atoms. The third kappa shape index (κ3) is 2.75. The van der Waals surface area contributed by atoms with E-state index < -0.39 is 5.41 Å². The maximum Gasteiger partial charge on any atom is 0.0766 e. The third-order valence-corrected chi connectivity index (χ3v) is 1.69. The molecule has 0 aliphatic heterocycles. The highest BCUT2D eigenvalue weighted by Gasteiger charge is 2.19. The van der Waals surface area contributed by atoms with E-state index in [1.807, 2.05) is 39.0 Å². The zero-order valence-corrected chi connectivity index (χ0v) is 7.96. The van der Waals surface area contributed by atoms with E-state index in [0.717, 1.165) is 5.57 Å². The van der Waals surface area contributed by atoms with E-state index in [2.05, 4.69) is 12.6 Å². The normalized spacial score (nSPS) is 13.0. The molecule has 0 heterocycles. The lowest BCUT2D eigenvalue weighted by Crippen LogP contribution is -2.09. The van der Waals surface area contributed by atoms with E-state index in [1.54, 1.807) is 6.08 Å². The number of allylic oxidation sites excluding steroid dienone is 5. The summed E-state index contributed by atoms with van der Waals surface area (Å²) in [6.07, 6.45) is 7.48. The molecule has 1 nitrogen and oxygen atoms in total. The summed E-state index contributed by atoms with van der Waals surface area (Å²) < 4.78 is 0. The molecule has 0 saturated heterocycles. The molecule has 0 aromatic carbocycles. The van der Waals surface area contributed by atoms with Gasteiger partial charge in [0.1, 0.15) is 0 Å². The Morgan fingerprint density at radius 2 is 2.08 bits per heavy atom. The summed E-state index contributed by atoms with van der Waals surface area (Å²) in [4.78, 5) is 0. The molecule has 0 amide bonds. The number of rotatable bonds is 3. The van der Waals surface area contributed by atoms with Gasteiger partial charge in [-0.05, 0) is 26.3 Å². The lowest BCUT2D eigenvalue weighted by Gasteiger charge is -2.15. The molecule has 0 bridgehead atoms. The van der Waals surface area contributed by atoms with Gasteiger partial charge in [-0.25, -0.2) is 0 Å². The lowest BCUT2D eigenvalue weighted by atomic mass is 9.85. The van der Waals surface area contributed by atoms with Crippen molar-refractivity contribution in [1.82, 2.24) is 0 Å². The van der Waals surface area contributed by atoms with Crippen molar-refractivity contribution in [2.45, 2.75) is 20.8 Å². The first kappa shape index (κ1) is 10.7. The van der Waals surface area contributed by atoms with Crippen LogP contribution in [0.1, 0.15) is 20.8 Å². The molecular formula is C11H15N. The average Bonchev–Trinajstić information content (AvgIpc) is 2.05. The maximum atomic E-state index is 8.83. The lowest BCUT2D eigenvalue weighted by molar-refractivity contribution is 0.613. The van der Waals surface area contributed by atoms with Crippen molar-refractivity contribution in [2.75, 3.05) is 0 Å². The van der Waals surface area contributed by atoms with Gasteiger partial charge in [-0.1, -0.05) is 30.9 Å². The highest BCUT2D eigenvalue weighted by atomic mass is 14.3. The quantitative estimate of drug-likeness (QED) is 0.583.